The molecule has 0 aliphatic carbocycles. The van der Waals surface area contributed by atoms with Gasteiger partial charge in [-0.3, -0.25) is 4.79 Å². The maximum Gasteiger partial charge on any atom is 0.241 e. The van der Waals surface area contributed by atoms with Crippen LogP contribution in [0, 0.1) is 0 Å². The highest BCUT2D eigenvalue weighted by Gasteiger charge is 2.32. The highest BCUT2D eigenvalue weighted by atomic mass is 32.2. The number of primary amides is 1. The predicted octanol–water partition coefficient (Wildman–Crippen LogP) is 1.20. The Hall–Kier alpha value is -1.45. The van der Waals surface area contributed by atoms with E-state index >= 15 is 0 Å². The summed E-state index contributed by atoms with van der Waals surface area (Å²) >= 11 is 0. The summed E-state index contributed by atoms with van der Waals surface area (Å²) in [7, 11) is -7.72. The second-order valence-corrected chi connectivity index (χ2v) is 9.96. The van der Waals surface area contributed by atoms with Crippen LogP contribution in [-0.2, 0) is 24.7 Å². The van der Waals surface area contributed by atoms with Crippen LogP contribution in [0.25, 0.3) is 0 Å². The number of sulfonamides is 1. The molecule has 0 saturated heterocycles. The van der Waals surface area contributed by atoms with E-state index in [0.717, 1.165) is 0 Å². The number of nitrogens with two attached hydrogens (primary N) is 1. The van der Waals surface area contributed by atoms with E-state index < -0.39 is 42.8 Å². The van der Waals surface area contributed by atoms with E-state index in [1.54, 1.807) is 6.07 Å². The first-order valence-electron chi connectivity index (χ1n) is 8.22. The Morgan fingerprint density at radius 3 is 2.00 bits per heavy atom. The highest BCUT2D eigenvalue weighted by Crippen LogP contribution is 2.17. The van der Waals surface area contributed by atoms with Crippen LogP contribution in [0.15, 0.2) is 35.2 Å². The number of carbonyl (C=O) groups is 1. The maximum atomic E-state index is 12.6. The second kappa shape index (κ2) is 9.30. The van der Waals surface area contributed by atoms with Crippen LogP contribution in [0.3, 0.4) is 0 Å². The van der Waals surface area contributed by atoms with E-state index in [9.17, 15) is 21.6 Å². The van der Waals surface area contributed by atoms with Gasteiger partial charge in [0.05, 0.1) is 15.9 Å². The number of hydrogen-bond donors (Lipinski definition) is 2. The van der Waals surface area contributed by atoms with Gasteiger partial charge < -0.3 is 5.73 Å². The molecule has 1 amide bonds. The Morgan fingerprint density at radius 1 is 1.04 bits per heavy atom. The molecule has 3 N–H and O–H groups in total. The van der Waals surface area contributed by atoms with Gasteiger partial charge in [-0.05, 0) is 25.0 Å². The summed E-state index contributed by atoms with van der Waals surface area (Å²) < 4.78 is 52.0. The molecule has 1 atom stereocenters. The summed E-state index contributed by atoms with van der Waals surface area (Å²) in [6.45, 7) is 3.75. The molecule has 142 valence electrons. The topological polar surface area (TPSA) is 123 Å². The minimum atomic E-state index is -4.04. The first-order chi connectivity index (χ1) is 11.6. The minimum absolute atomic E-state index is 0.0580. The average molecular weight is 391 g/mol. The fourth-order valence-electron chi connectivity index (χ4n) is 2.54. The molecule has 0 aliphatic rings. The lowest BCUT2D eigenvalue weighted by Gasteiger charge is -2.21. The quantitative estimate of drug-likeness (QED) is 0.588. The van der Waals surface area contributed by atoms with Crippen LogP contribution < -0.4 is 10.5 Å². The Bertz CT molecular complexity index is 755. The summed E-state index contributed by atoms with van der Waals surface area (Å²) in [5.74, 6) is -1.66. The van der Waals surface area contributed by atoms with E-state index in [2.05, 4.69) is 4.72 Å². The summed E-state index contributed by atoms with van der Waals surface area (Å²) in [5, 5.41) is -0.606. The summed E-state index contributed by atoms with van der Waals surface area (Å²) in [4.78, 5) is 11.6. The number of hydrogen-bond acceptors (Lipinski definition) is 5. The van der Waals surface area contributed by atoms with Crippen molar-refractivity contribution in [2.75, 3.05) is 5.75 Å². The van der Waals surface area contributed by atoms with Crippen LogP contribution in [0.1, 0.15) is 39.5 Å². The van der Waals surface area contributed by atoms with E-state index in [-0.39, 0.29) is 4.90 Å². The van der Waals surface area contributed by atoms with E-state index in [1.807, 2.05) is 13.8 Å². The molecule has 1 unspecified atom stereocenters. The normalized spacial score (nSPS) is 13.7. The molecule has 0 bridgehead atoms. The van der Waals surface area contributed by atoms with Gasteiger partial charge >= 0.3 is 0 Å². The zero-order valence-electron chi connectivity index (χ0n) is 14.5. The van der Waals surface area contributed by atoms with Gasteiger partial charge in [-0.15, -0.1) is 0 Å². The van der Waals surface area contributed by atoms with Gasteiger partial charge in [0.2, 0.25) is 15.9 Å². The van der Waals surface area contributed by atoms with Crippen molar-refractivity contribution < 1.29 is 21.6 Å². The maximum absolute atomic E-state index is 12.6. The number of amides is 1. The van der Waals surface area contributed by atoms with E-state index in [1.165, 1.54) is 24.3 Å². The van der Waals surface area contributed by atoms with Crippen molar-refractivity contribution in [3.63, 3.8) is 0 Å². The molecule has 0 spiro atoms. The van der Waals surface area contributed by atoms with Crippen LogP contribution in [-0.4, -0.2) is 39.8 Å². The lowest BCUT2D eigenvalue weighted by atomic mass is 10.2. The van der Waals surface area contributed by atoms with Crippen molar-refractivity contribution in [3.8, 4) is 0 Å². The van der Waals surface area contributed by atoms with Crippen LogP contribution in [0.5, 0.6) is 0 Å². The molecule has 0 aliphatic heterocycles. The molecule has 9 heteroatoms. The van der Waals surface area contributed by atoms with Gasteiger partial charge in [0.1, 0.15) is 6.04 Å². The summed E-state index contributed by atoms with van der Waals surface area (Å²) in [6.07, 6.45) is 2.29. The smallest absolute Gasteiger partial charge is 0.241 e. The average Bonchev–Trinajstić information content (AvgIpc) is 2.54. The molecular weight excluding hydrogens is 364 g/mol. The monoisotopic (exact) mass is 390 g/mol. The first kappa shape index (κ1) is 21.6. The lowest BCUT2D eigenvalue weighted by molar-refractivity contribution is -0.119. The number of nitrogens with one attached hydrogen (secondary N) is 1. The molecule has 0 fully saturated rings. The standard InChI is InChI=1S/C16H26N2O5S2/c1-3-8-13(9-4-2)24(20,21)12-15(16(17)19)18-25(22,23)14-10-6-5-7-11-14/h5-7,10-11,13,15,18H,3-4,8-9,12H2,1-2H3,(H2,17,19). The Balaban J connectivity index is 3.03. The predicted molar refractivity (Wildman–Crippen MR) is 97.1 cm³/mol. The molecular formula is C16H26N2O5S2. The summed E-state index contributed by atoms with van der Waals surface area (Å²) in [5.41, 5.74) is 5.25. The number of carbonyl (C=O) groups excluding carboxylic acids is 1. The van der Waals surface area contributed by atoms with Gasteiger partial charge in [-0.25, -0.2) is 16.8 Å². The highest BCUT2D eigenvalue weighted by molar-refractivity contribution is 7.92. The van der Waals surface area contributed by atoms with Gasteiger partial charge in [0.15, 0.2) is 9.84 Å². The van der Waals surface area contributed by atoms with Gasteiger partial charge in [0, 0.05) is 0 Å². The first-order valence-corrected chi connectivity index (χ1v) is 11.4. The largest absolute Gasteiger partial charge is 0.368 e. The van der Waals surface area contributed by atoms with Crippen LogP contribution in [0.2, 0.25) is 0 Å². The van der Waals surface area contributed by atoms with Crippen molar-refractivity contribution in [3.05, 3.63) is 30.3 Å². The van der Waals surface area contributed by atoms with Crippen LogP contribution in [0.4, 0.5) is 0 Å². The minimum Gasteiger partial charge on any atom is -0.368 e. The van der Waals surface area contributed by atoms with Crippen molar-refractivity contribution in [1.29, 1.82) is 0 Å². The summed E-state index contributed by atoms with van der Waals surface area (Å²) in [6, 6.07) is 5.91. The SMILES string of the molecule is CCCC(CCC)S(=O)(=O)CC(NS(=O)(=O)c1ccccc1)C(N)=O. The molecule has 0 saturated carbocycles. The number of rotatable bonds is 11. The Morgan fingerprint density at radius 2 is 1.56 bits per heavy atom. The van der Waals surface area contributed by atoms with Gasteiger partial charge in [-0.1, -0.05) is 44.9 Å². The Kier molecular flexibility index (Phi) is 8.04. The second-order valence-electron chi connectivity index (χ2n) is 5.92. The third kappa shape index (κ3) is 6.41. The molecule has 1 aromatic carbocycles. The molecule has 7 nitrogen and oxygen atoms in total. The molecule has 0 aromatic heterocycles. The van der Waals surface area contributed by atoms with E-state index in [0.29, 0.717) is 25.7 Å². The van der Waals surface area contributed by atoms with Gasteiger partial charge in [0.25, 0.3) is 0 Å². The molecule has 1 aromatic rings. The molecule has 25 heavy (non-hydrogen) atoms. The fraction of sp³-hybridized carbons (Fsp3) is 0.562. The third-order valence-electron chi connectivity index (χ3n) is 3.82. The fourth-order valence-corrected chi connectivity index (χ4v) is 6.05. The zero-order valence-corrected chi connectivity index (χ0v) is 16.1. The van der Waals surface area contributed by atoms with Crippen molar-refractivity contribution in [2.24, 2.45) is 5.73 Å². The number of sulfone groups is 1. The molecule has 1 rings (SSSR count). The van der Waals surface area contributed by atoms with E-state index in [4.69, 9.17) is 5.73 Å². The molecule has 0 radical (unpaired) electrons. The van der Waals surface area contributed by atoms with Crippen molar-refractivity contribution in [1.82, 2.24) is 4.72 Å². The molecule has 0 heterocycles. The number of benzene rings is 1. The van der Waals surface area contributed by atoms with Crippen molar-refractivity contribution >= 4 is 25.8 Å². The third-order valence-corrected chi connectivity index (χ3v) is 7.60. The lowest BCUT2D eigenvalue weighted by Crippen LogP contribution is -2.49. The van der Waals surface area contributed by atoms with Crippen molar-refractivity contribution in [2.45, 2.75) is 55.7 Å². The van der Waals surface area contributed by atoms with Gasteiger partial charge in [-0.2, -0.15) is 4.72 Å². The Labute approximate surface area is 150 Å². The zero-order chi connectivity index (χ0) is 19.1. The van der Waals surface area contributed by atoms with Crippen LogP contribution >= 0.6 is 0 Å².